The molecule has 0 radical (unpaired) electrons. The van der Waals surface area contributed by atoms with Gasteiger partial charge in [-0.25, -0.2) is 0 Å². The van der Waals surface area contributed by atoms with E-state index in [-0.39, 0.29) is 0 Å². The Balaban J connectivity index is 1.94. The van der Waals surface area contributed by atoms with E-state index in [4.69, 9.17) is 0 Å². The predicted octanol–water partition coefficient (Wildman–Crippen LogP) is 2.66. The fraction of sp³-hybridized carbons (Fsp3) is 1.00. The van der Waals surface area contributed by atoms with Crippen LogP contribution in [0.5, 0.6) is 0 Å². The van der Waals surface area contributed by atoms with Gasteiger partial charge in [-0.15, -0.1) is 0 Å². The molecule has 12 heavy (non-hydrogen) atoms. The van der Waals surface area contributed by atoms with Crippen molar-refractivity contribution in [2.45, 2.75) is 51.5 Å². The van der Waals surface area contributed by atoms with E-state index >= 15 is 0 Å². The lowest BCUT2D eigenvalue weighted by molar-refractivity contribution is 0.117. The summed E-state index contributed by atoms with van der Waals surface area (Å²) in [5.41, 5.74) is 0. The van der Waals surface area contributed by atoms with Gasteiger partial charge in [0.15, 0.2) is 0 Å². The van der Waals surface area contributed by atoms with Crippen LogP contribution in [0.15, 0.2) is 0 Å². The Morgan fingerprint density at radius 1 is 1.00 bits per heavy atom. The van der Waals surface area contributed by atoms with Crippen molar-refractivity contribution in [2.75, 3.05) is 13.1 Å². The molecule has 2 atom stereocenters. The van der Waals surface area contributed by atoms with Crippen LogP contribution in [0.25, 0.3) is 0 Å². The first-order valence-corrected chi connectivity index (χ1v) is 5.60. The number of nitrogens with zero attached hydrogens (tertiary/aromatic N) is 1. The van der Waals surface area contributed by atoms with Gasteiger partial charge in [0.25, 0.3) is 0 Å². The molecule has 0 aliphatic carbocycles. The van der Waals surface area contributed by atoms with Crippen molar-refractivity contribution in [3.63, 3.8) is 0 Å². The summed E-state index contributed by atoms with van der Waals surface area (Å²) in [6.07, 6.45) is 8.83. The number of hydrogen-bond acceptors (Lipinski definition) is 1. The summed E-state index contributed by atoms with van der Waals surface area (Å²) in [6.45, 7) is 5.17. The molecule has 2 fully saturated rings. The Labute approximate surface area is 76.1 Å². The van der Waals surface area contributed by atoms with Gasteiger partial charge in [-0.05, 0) is 38.1 Å². The van der Waals surface area contributed by atoms with Crippen molar-refractivity contribution in [1.82, 2.24) is 4.90 Å². The molecule has 1 unspecified atom stereocenters. The second kappa shape index (κ2) is 3.78. The molecule has 0 aromatic heterocycles. The molecule has 0 amide bonds. The SMILES string of the molecule is C[C@H]1CCC2CCCCCN2C1. The zero-order valence-electron chi connectivity index (χ0n) is 8.26. The molecule has 70 valence electrons. The van der Waals surface area contributed by atoms with Gasteiger partial charge in [0.1, 0.15) is 0 Å². The molecule has 0 aromatic rings. The maximum absolute atomic E-state index is 2.75. The zero-order valence-corrected chi connectivity index (χ0v) is 8.26. The van der Waals surface area contributed by atoms with Crippen molar-refractivity contribution in [2.24, 2.45) is 5.92 Å². The Hall–Kier alpha value is -0.0400. The summed E-state index contributed by atoms with van der Waals surface area (Å²) in [7, 11) is 0. The van der Waals surface area contributed by atoms with Crippen molar-refractivity contribution in [3.05, 3.63) is 0 Å². The minimum Gasteiger partial charge on any atom is -0.300 e. The molecular formula is C11H21N. The second-order valence-corrected chi connectivity index (χ2v) is 4.68. The molecule has 1 heteroatoms. The van der Waals surface area contributed by atoms with Crippen LogP contribution >= 0.6 is 0 Å². The minimum atomic E-state index is 0.958. The lowest BCUT2D eigenvalue weighted by Crippen LogP contribution is -2.42. The minimum absolute atomic E-state index is 0.958. The van der Waals surface area contributed by atoms with E-state index in [9.17, 15) is 0 Å². The Morgan fingerprint density at radius 3 is 2.83 bits per heavy atom. The monoisotopic (exact) mass is 167 g/mol. The zero-order chi connectivity index (χ0) is 8.39. The molecule has 2 saturated heterocycles. The van der Waals surface area contributed by atoms with E-state index < -0.39 is 0 Å². The van der Waals surface area contributed by atoms with Crippen LogP contribution in [0, 0.1) is 5.92 Å². The third kappa shape index (κ3) is 1.82. The lowest BCUT2D eigenvalue weighted by Gasteiger charge is -2.37. The van der Waals surface area contributed by atoms with Gasteiger partial charge in [-0.2, -0.15) is 0 Å². The Bertz CT molecular complexity index is 144. The summed E-state index contributed by atoms with van der Waals surface area (Å²) < 4.78 is 0. The van der Waals surface area contributed by atoms with Crippen molar-refractivity contribution in [3.8, 4) is 0 Å². The third-order valence-corrected chi connectivity index (χ3v) is 3.54. The molecule has 2 heterocycles. The summed E-state index contributed by atoms with van der Waals surface area (Å²) in [4.78, 5) is 2.75. The van der Waals surface area contributed by atoms with Gasteiger partial charge in [-0.1, -0.05) is 19.8 Å². The Morgan fingerprint density at radius 2 is 1.92 bits per heavy atom. The maximum atomic E-state index is 2.75. The van der Waals surface area contributed by atoms with E-state index in [1.54, 1.807) is 0 Å². The fourth-order valence-electron chi connectivity index (χ4n) is 2.77. The third-order valence-electron chi connectivity index (χ3n) is 3.54. The highest BCUT2D eigenvalue weighted by Gasteiger charge is 2.26. The average molecular weight is 167 g/mol. The first kappa shape index (κ1) is 8.55. The first-order valence-electron chi connectivity index (χ1n) is 5.60. The molecule has 0 aromatic carbocycles. The number of rotatable bonds is 0. The quantitative estimate of drug-likeness (QED) is 0.536. The van der Waals surface area contributed by atoms with Gasteiger partial charge < -0.3 is 4.90 Å². The lowest BCUT2D eigenvalue weighted by atomic mass is 9.92. The summed E-state index contributed by atoms with van der Waals surface area (Å²) in [5.74, 6) is 0.958. The molecule has 0 saturated carbocycles. The highest BCUT2D eigenvalue weighted by Crippen LogP contribution is 2.27. The van der Waals surface area contributed by atoms with Gasteiger partial charge in [0.05, 0.1) is 0 Å². The van der Waals surface area contributed by atoms with Crippen LogP contribution in [0.1, 0.15) is 45.4 Å². The average Bonchev–Trinajstić information content (AvgIpc) is 2.28. The first-order chi connectivity index (χ1) is 5.86. The number of fused-ring (bicyclic) bond motifs is 1. The molecule has 1 nitrogen and oxygen atoms in total. The molecular weight excluding hydrogens is 146 g/mol. The van der Waals surface area contributed by atoms with E-state index in [0.29, 0.717) is 0 Å². The van der Waals surface area contributed by atoms with Gasteiger partial charge >= 0.3 is 0 Å². The standard InChI is InChI=1S/C11H21N/c1-10-6-7-11-5-3-2-4-8-12(11)9-10/h10-11H,2-9H2,1H3/t10-,11?/m0/s1. The number of piperidine rings is 1. The normalized spacial score (nSPS) is 38.8. The smallest absolute Gasteiger partial charge is 0.00954 e. The molecule has 2 aliphatic heterocycles. The van der Waals surface area contributed by atoms with Crippen molar-refractivity contribution in [1.29, 1.82) is 0 Å². The van der Waals surface area contributed by atoms with Gasteiger partial charge in [-0.3, -0.25) is 0 Å². The van der Waals surface area contributed by atoms with Crippen LogP contribution < -0.4 is 0 Å². The van der Waals surface area contributed by atoms with Gasteiger partial charge in [0, 0.05) is 12.6 Å². The predicted molar refractivity (Wildman–Crippen MR) is 52.2 cm³/mol. The molecule has 2 aliphatic rings. The van der Waals surface area contributed by atoms with Crippen molar-refractivity contribution < 1.29 is 0 Å². The molecule has 0 bridgehead atoms. The van der Waals surface area contributed by atoms with E-state index in [1.807, 2.05) is 0 Å². The fourth-order valence-corrected chi connectivity index (χ4v) is 2.77. The van der Waals surface area contributed by atoms with Crippen LogP contribution in [0.2, 0.25) is 0 Å². The van der Waals surface area contributed by atoms with E-state index in [0.717, 1.165) is 12.0 Å². The largest absolute Gasteiger partial charge is 0.300 e. The summed E-state index contributed by atoms with van der Waals surface area (Å²) in [6, 6.07) is 0.962. The molecule has 0 N–H and O–H groups in total. The second-order valence-electron chi connectivity index (χ2n) is 4.68. The topological polar surface area (TPSA) is 3.24 Å². The van der Waals surface area contributed by atoms with Crippen LogP contribution in [0.4, 0.5) is 0 Å². The van der Waals surface area contributed by atoms with Crippen LogP contribution in [-0.4, -0.2) is 24.0 Å². The molecule has 2 rings (SSSR count). The van der Waals surface area contributed by atoms with E-state index in [2.05, 4.69) is 11.8 Å². The highest BCUT2D eigenvalue weighted by atomic mass is 15.2. The Kier molecular flexibility index (Phi) is 2.69. The molecule has 0 spiro atoms. The number of hydrogen-bond donors (Lipinski definition) is 0. The highest BCUT2D eigenvalue weighted by molar-refractivity contribution is 4.81. The summed E-state index contributed by atoms with van der Waals surface area (Å²) in [5, 5.41) is 0. The van der Waals surface area contributed by atoms with Gasteiger partial charge in [0.2, 0.25) is 0 Å². The van der Waals surface area contributed by atoms with Crippen molar-refractivity contribution >= 4 is 0 Å². The van der Waals surface area contributed by atoms with Crippen LogP contribution in [-0.2, 0) is 0 Å². The summed E-state index contributed by atoms with van der Waals surface area (Å²) >= 11 is 0. The maximum Gasteiger partial charge on any atom is 0.00954 e. The van der Waals surface area contributed by atoms with Crippen LogP contribution in [0.3, 0.4) is 0 Å². The van der Waals surface area contributed by atoms with E-state index in [1.165, 1.54) is 51.6 Å².